The normalized spacial score (nSPS) is 19.8. The van der Waals surface area contributed by atoms with Crippen LogP contribution in [0.1, 0.15) is 29.8 Å². The number of allylic oxidation sites excluding steroid dienone is 4. The fraction of sp³-hybridized carbons (Fsp3) is 0.300. The van der Waals surface area contributed by atoms with Gasteiger partial charge in [-0.1, -0.05) is 6.07 Å². The van der Waals surface area contributed by atoms with Crippen LogP contribution in [0.25, 0.3) is 5.70 Å². The van der Waals surface area contributed by atoms with E-state index in [-0.39, 0.29) is 29.7 Å². The molecule has 0 radical (unpaired) electrons. The maximum absolute atomic E-state index is 12.7. The summed E-state index contributed by atoms with van der Waals surface area (Å²) in [6.07, 6.45) is 7.23. The van der Waals surface area contributed by atoms with Crippen molar-refractivity contribution in [2.75, 3.05) is 13.1 Å². The predicted octanol–water partition coefficient (Wildman–Crippen LogP) is 1.90. The van der Waals surface area contributed by atoms with Gasteiger partial charge in [0.2, 0.25) is 0 Å². The van der Waals surface area contributed by atoms with Gasteiger partial charge in [0, 0.05) is 42.5 Å². The quantitative estimate of drug-likeness (QED) is 0.853. The number of thiazole rings is 1. The molecule has 1 aliphatic carbocycles. The van der Waals surface area contributed by atoms with E-state index in [1.54, 1.807) is 35.3 Å². The molecule has 0 bridgehead atoms. The number of amides is 1. The minimum Gasteiger partial charge on any atom is -0.367 e. The first-order valence-corrected chi connectivity index (χ1v) is 10.1. The average molecular weight is 396 g/mol. The number of carbonyl (C=O) groups is 2. The van der Waals surface area contributed by atoms with Gasteiger partial charge in [0.15, 0.2) is 5.78 Å². The van der Waals surface area contributed by atoms with Gasteiger partial charge in [-0.2, -0.15) is 0 Å². The Hall–Kier alpha value is -3.00. The van der Waals surface area contributed by atoms with E-state index >= 15 is 0 Å². The van der Waals surface area contributed by atoms with Crippen molar-refractivity contribution >= 4 is 28.7 Å². The highest BCUT2D eigenvalue weighted by Gasteiger charge is 2.28. The van der Waals surface area contributed by atoms with Crippen LogP contribution < -0.4 is 10.9 Å². The number of aromatic nitrogens is 2. The summed E-state index contributed by atoms with van der Waals surface area (Å²) < 4.78 is 1.50. The number of ketones is 1. The number of rotatable bonds is 4. The lowest BCUT2D eigenvalue weighted by Gasteiger charge is -2.36. The first-order valence-electron chi connectivity index (χ1n) is 9.18. The summed E-state index contributed by atoms with van der Waals surface area (Å²) in [5.41, 5.74) is 3.22. The summed E-state index contributed by atoms with van der Waals surface area (Å²) in [6, 6.07) is 4.90. The molecular weight excluding hydrogens is 376 g/mol. The Morgan fingerprint density at radius 1 is 1.25 bits per heavy atom. The fourth-order valence-corrected chi connectivity index (χ4v) is 4.12. The number of nitrogens with one attached hydrogen (secondary N) is 1. The third-order valence-electron chi connectivity index (χ3n) is 4.96. The second kappa shape index (κ2) is 7.93. The second-order valence-electron chi connectivity index (χ2n) is 6.85. The van der Waals surface area contributed by atoms with E-state index < -0.39 is 0 Å². The molecule has 0 saturated carbocycles. The monoisotopic (exact) mass is 396 g/mol. The molecule has 144 valence electrons. The zero-order valence-electron chi connectivity index (χ0n) is 15.2. The summed E-state index contributed by atoms with van der Waals surface area (Å²) in [5.74, 6) is -0.192. The van der Waals surface area contributed by atoms with E-state index in [4.69, 9.17) is 0 Å². The Kier molecular flexibility index (Phi) is 5.21. The van der Waals surface area contributed by atoms with E-state index in [1.807, 2.05) is 11.0 Å². The number of Topliss-reactive ketones (excluding diaryl/α,β-unsaturated/α-hetero) is 1. The van der Waals surface area contributed by atoms with Gasteiger partial charge >= 0.3 is 0 Å². The molecular formula is C20H20N4O3S. The number of piperidine rings is 1. The summed E-state index contributed by atoms with van der Waals surface area (Å²) in [7, 11) is 0. The van der Waals surface area contributed by atoms with Crippen LogP contribution in [0.4, 0.5) is 0 Å². The molecule has 8 heteroatoms. The van der Waals surface area contributed by atoms with Gasteiger partial charge < -0.3 is 10.2 Å². The third kappa shape index (κ3) is 3.82. The molecule has 1 atom stereocenters. The zero-order chi connectivity index (χ0) is 19.5. The van der Waals surface area contributed by atoms with Crippen LogP contribution in [-0.4, -0.2) is 45.3 Å². The van der Waals surface area contributed by atoms with E-state index in [2.05, 4.69) is 10.3 Å². The third-order valence-corrected chi connectivity index (χ3v) is 5.54. The van der Waals surface area contributed by atoms with Gasteiger partial charge in [-0.25, -0.2) is 4.98 Å². The largest absolute Gasteiger partial charge is 0.367 e. The van der Waals surface area contributed by atoms with Gasteiger partial charge in [0.1, 0.15) is 5.69 Å². The highest BCUT2D eigenvalue weighted by Crippen LogP contribution is 2.24. The minimum atomic E-state index is -0.178. The van der Waals surface area contributed by atoms with E-state index in [1.165, 1.54) is 22.0 Å². The fourth-order valence-electron chi connectivity index (χ4n) is 3.59. The molecule has 3 heterocycles. The van der Waals surface area contributed by atoms with Crippen LogP contribution in [-0.2, 0) is 4.79 Å². The standard InChI is InChI=1S/C20H20N4O3S/c25-18-10-15(24-9-2-1-5-19(24)26)6-7-17(18)23-8-3-4-14(11-23)22-20(27)16-12-28-13-21-16/h1-2,5-7,9,12-14H,3-4,8,10-11H2,(H,22,27). The molecule has 2 aliphatic rings. The highest BCUT2D eigenvalue weighted by atomic mass is 32.1. The Labute approximate surface area is 166 Å². The van der Waals surface area contributed by atoms with Crippen LogP contribution in [0, 0.1) is 0 Å². The molecule has 0 spiro atoms. The topological polar surface area (TPSA) is 84.3 Å². The summed E-state index contributed by atoms with van der Waals surface area (Å²) in [4.78, 5) is 43.0. The average Bonchev–Trinajstić information content (AvgIpc) is 3.23. The van der Waals surface area contributed by atoms with Gasteiger partial charge in [0.25, 0.3) is 11.5 Å². The molecule has 1 saturated heterocycles. The van der Waals surface area contributed by atoms with E-state index in [0.29, 0.717) is 23.6 Å². The summed E-state index contributed by atoms with van der Waals surface area (Å²) >= 11 is 1.39. The SMILES string of the molecule is O=C1CC(n2ccccc2=O)=CC=C1N1CCCC(NC(=O)c2cscn2)C1. The number of nitrogens with zero attached hydrogens (tertiary/aromatic N) is 3. The molecule has 4 rings (SSSR count). The lowest BCUT2D eigenvalue weighted by Crippen LogP contribution is -2.48. The summed E-state index contributed by atoms with van der Waals surface area (Å²) in [6.45, 7) is 1.36. The van der Waals surface area contributed by atoms with Crippen LogP contribution in [0.5, 0.6) is 0 Å². The maximum atomic E-state index is 12.7. The number of pyridine rings is 1. The number of carbonyl (C=O) groups excluding carboxylic acids is 2. The molecule has 28 heavy (non-hydrogen) atoms. The first-order chi connectivity index (χ1) is 13.6. The first kappa shape index (κ1) is 18.4. The molecule has 1 fully saturated rings. The maximum Gasteiger partial charge on any atom is 0.271 e. The molecule has 2 aromatic rings. The molecule has 0 aromatic carbocycles. The van der Waals surface area contributed by atoms with Crippen molar-refractivity contribution in [3.8, 4) is 0 Å². The minimum absolute atomic E-state index is 0.0141. The zero-order valence-corrected chi connectivity index (χ0v) is 16.0. The van der Waals surface area contributed by atoms with Gasteiger partial charge in [-0.05, 0) is 31.1 Å². The van der Waals surface area contributed by atoms with Gasteiger partial charge in [-0.15, -0.1) is 11.3 Å². The molecule has 2 aromatic heterocycles. The Morgan fingerprint density at radius 3 is 2.89 bits per heavy atom. The van der Waals surface area contributed by atoms with Crippen molar-refractivity contribution < 1.29 is 9.59 Å². The van der Waals surface area contributed by atoms with Gasteiger partial charge in [0.05, 0.1) is 17.6 Å². The Morgan fingerprint density at radius 2 is 2.14 bits per heavy atom. The molecule has 1 unspecified atom stereocenters. The number of likely N-dealkylation sites (tertiary alicyclic amines) is 1. The van der Waals surface area contributed by atoms with Gasteiger partial charge in [-0.3, -0.25) is 19.0 Å². The number of hydrogen-bond acceptors (Lipinski definition) is 6. The molecule has 1 N–H and O–H groups in total. The van der Waals surface area contributed by atoms with Crippen LogP contribution in [0.2, 0.25) is 0 Å². The van der Waals surface area contributed by atoms with Crippen molar-refractivity contribution in [3.05, 3.63) is 69.2 Å². The molecule has 1 aliphatic heterocycles. The van der Waals surface area contributed by atoms with Crippen LogP contribution in [0.15, 0.2) is 57.9 Å². The van der Waals surface area contributed by atoms with Crippen molar-refractivity contribution in [2.45, 2.75) is 25.3 Å². The van der Waals surface area contributed by atoms with Crippen molar-refractivity contribution in [3.63, 3.8) is 0 Å². The highest BCUT2D eigenvalue weighted by molar-refractivity contribution is 7.07. The predicted molar refractivity (Wildman–Crippen MR) is 107 cm³/mol. The van der Waals surface area contributed by atoms with E-state index in [0.717, 1.165) is 19.4 Å². The lowest BCUT2D eigenvalue weighted by atomic mass is 10.00. The lowest BCUT2D eigenvalue weighted by molar-refractivity contribution is -0.116. The Balaban J connectivity index is 1.47. The van der Waals surface area contributed by atoms with Crippen molar-refractivity contribution in [1.82, 2.24) is 19.8 Å². The number of hydrogen-bond donors (Lipinski definition) is 1. The van der Waals surface area contributed by atoms with Crippen molar-refractivity contribution in [1.29, 1.82) is 0 Å². The van der Waals surface area contributed by atoms with Crippen LogP contribution in [0.3, 0.4) is 0 Å². The molecule has 7 nitrogen and oxygen atoms in total. The van der Waals surface area contributed by atoms with Crippen LogP contribution >= 0.6 is 11.3 Å². The Bertz CT molecular complexity index is 1010. The molecule has 1 amide bonds. The second-order valence-corrected chi connectivity index (χ2v) is 7.57. The van der Waals surface area contributed by atoms with E-state index in [9.17, 15) is 14.4 Å². The van der Waals surface area contributed by atoms with Crippen molar-refractivity contribution in [2.24, 2.45) is 0 Å². The summed E-state index contributed by atoms with van der Waals surface area (Å²) in [5, 5.41) is 4.73. The smallest absolute Gasteiger partial charge is 0.271 e.